The highest BCUT2D eigenvalue weighted by Crippen LogP contribution is 2.35. The minimum absolute atomic E-state index is 0.0506. The van der Waals surface area contributed by atoms with E-state index >= 15 is 0 Å². The summed E-state index contributed by atoms with van der Waals surface area (Å²) in [4.78, 5) is 14.9. The Morgan fingerprint density at radius 2 is 1.89 bits per heavy atom. The number of aromatic nitrogens is 1. The molecule has 0 atom stereocenters. The number of ether oxygens (including phenoxy) is 2. The van der Waals surface area contributed by atoms with Gasteiger partial charge < -0.3 is 19.8 Å². The summed E-state index contributed by atoms with van der Waals surface area (Å²) in [5.41, 5.74) is 2.59. The van der Waals surface area contributed by atoms with Crippen LogP contribution in [0.1, 0.15) is 16.1 Å². The maximum Gasteiger partial charge on any atom is 0.268 e. The van der Waals surface area contributed by atoms with Gasteiger partial charge in [0.1, 0.15) is 5.69 Å². The molecule has 1 aliphatic heterocycles. The SMILES string of the molecule is COc1cc2[nH]c3c(c2cc1OC)CCNC3=O. The third-order valence-electron chi connectivity index (χ3n) is 3.30. The molecule has 1 amide bonds. The third kappa shape index (κ3) is 1.44. The predicted molar refractivity (Wildman–Crippen MR) is 67.4 cm³/mol. The number of H-pyrrole nitrogens is 1. The first kappa shape index (κ1) is 11.0. The summed E-state index contributed by atoms with van der Waals surface area (Å²) in [5, 5.41) is 3.85. The van der Waals surface area contributed by atoms with Gasteiger partial charge in [-0.2, -0.15) is 0 Å². The smallest absolute Gasteiger partial charge is 0.268 e. The van der Waals surface area contributed by atoms with E-state index < -0.39 is 0 Å². The molecule has 94 valence electrons. The second kappa shape index (κ2) is 3.94. The molecular weight excluding hydrogens is 232 g/mol. The number of methoxy groups -OCH3 is 2. The monoisotopic (exact) mass is 246 g/mol. The molecule has 0 radical (unpaired) electrons. The van der Waals surface area contributed by atoms with Gasteiger partial charge >= 0.3 is 0 Å². The molecule has 2 aromatic rings. The van der Waals surface area contributed by atoms with Crippen LogP contribution in [-0.4, -0.2) is 31.7 Å². The predicted octanol–water partition coefficient (Wildman–Crippen LogP) is 1.47. The molecule has 0 unspecified atom stereocenters. The zero-order chi connectivity index (χ0) is 12.7. The van der Waals surface area contributed by atoms with Crippen LogP contribution in [0.3, 0.4) is 0 Å². The fourth-order valence-electron chi connectivity index (χ4n) is 2.42. The lowest BCUT2D eigenvalue weighted by molar-refractivity contribution is 0.0942. The third-order valence-corrected chi connectivity index (χ3v) is 3.30. The van der Waals surface area contributed by atoms with E-state index in [9.17, 15) is 4.79 Å². The molecule has 0 spiro atoms. The molecule has 0 saturated carbocycles. The fourth-order valence-corrected chi connectivity index (χ4v) is 2.42. The lowest BCUT2D eigenvalue weighted by Gasteiger charge is -2.12. The van der Waals surface area contributed by atoms with Crippen LogP contribution in [-0.2, 0) is 6.42 Å². The summed E-state index contributed by atoms with van der Waals surface area (Å²) in [6, 6.07) is 3.78. The topological polar surface area (TPSA) is 63.4 Å². The number of carbonyl (C=O) groups excluding carboxylic acids is 1. The van der Waals surface area contributed by atoms with Gasteiger partial charge in [0, 0.05) is 18.0 Å². The highest BCUT2D eigenvalue weighted by Gasteiger charge is 2.22. The molecule has 2 heterocycles. The number of rotatable bonds is 2. The van der Waals surface area contributed by atoms with Crippen molar-refractivity contribution in [3.05, 3.63) is 23.4 Å². The van der Waals surface area contributed by atoms with E-state index in [4.69, 9.17) is 9.47 Å². The Balaban J connectivity index is 2.28. The van der Waals surface area contributed by atoms with Crippen molar-refractivity contribution in [2.45, 2.75) is 6.42 Å². The molecule has 0 aliphatic carbocycles. The second-order valence-electron chi connectivity index (χ2n) is 4.24. The van der Waals surface area contributed by atoms with E-state index in [1.54, 1.807) is 14.2 Å². The van der Waals surface area contributed by atoms with Gasteiger partial charge in [-0.25, -0.2) is 0 Å². The van der Waals surface area contributed by atoms with E-state index in [1.165, 1.54) is 0 Å². The molecule has 2 N–H and O–H groups in total. The average molecular weight is 246 g/mol. The number of amides is 1. The lowest BCUT2D eigenvalue weighted by Crippen LogP contribution is -2.31. The van der Waals surface area contributed by atoms with Gasteiger partial charge in [0.05, 0.1) is 19.7 Å². The normalized spacial score (nSPS) is 14.2. The van der Waals surface area contributed by atoms with E-state index in [1.807, 2.05) is 12.1 Å². The first-order valence-electron chi connectivity index (χ1n) is 5.79. The van der Waals surface area contributed by atoms with Crippen molar-refractivity contribution in [1.82, 2.24) is 10.3 Å². The molecule has 0 saturated heterocycles. The van der Waals surface area contributed by atoms with Gasteiger partial charge in [0.25, 0.3) is 5.91 Å². The Kier molecular flexibility index (Phi) is 2.40. The zero-order valence-corrected chi connectivity index (χ0v) is 10.3. The van der Waals surface area contributed by atoms with Gasteiger partial charge in [0.15, 0.2) is 11.5 Å². The van der Waals surface area contributed by atoms with Crippen molar-refractivity contribution in [3.8, 4) is 11.5 Å². The average Bonchev–Trinajstić information content (AvgIpc) is 2.76. The Hall–Kier alpha value is -2.17. The molecule has 5 heteroatoms. The van der Waals surface area contributed by atoms with Gasteiger partial charge in [0.2, 0.25) is 0 Å². The largest absolute Gasteiger partial charge is 0.493 e. The molecule has 1 aliphatic rings. The van der Waals surface area contributed by atoms with Crippen LogP contribution < -0.4 is 14.8 Å². The molecule has 3 rings (SSSR count). The molecule has 1 aromatic heterocycles. The van der Waals surface area contributed by atoms with Crippen LogP contribution in [0.15, 0.2) is 12.1 Å². The fraction of sp³-hybridized carbons (Fsp3) is 0.308. The number of carbonyl (C=O) groups is 1. The highest BCUT2D eigenvalue weighted by atomic mass is 16.5. The maximum atomic E-state index is 11.8. The Morgan fingerprint density at radius 3 is 2.61 bits per heavy atom. The van der Waals surface area contributed by atoms with Crippen LogP contribution in [0.2, 0.25) is 0 Å². The van der Waals surface area contributed by atoms with Crippen molar-refractivity contribution in [2.75, 3.05) is 20.8 Å². The van der Waals surface area contributed by atoms with Gasteiger partial charge in [-0.15, -0.1) is 0 Å². The summed E-state index contributed by atoms with van der Waals surface area (Å²) in [6.07, 6.45) is 0.830. The van der Waals surface area contributed by atoms with Gasteiger partial charge in [-0.05, 0) is 18.1 Å². The van der Waals surface area contributed by atoms with Crippen molar-refractivity contribution in [2.24, 2.45) is 0 Å². The molecule has 0 fully saturated rings. The Morgan fingerprint density at radius 1 is 1.17 bits per heavy atom. The van der Waals surface area contributed by atoms with Crippen LogP contribution >= 0.6 is 0 Å². The van der Waals surface area contributed by atoms with E-state index in [0.717, 1.165) is 22.9 Å². The minimum atomic E-state index is -0.0506. The highest BCUT2D eigenvalue weighted by molar-refractivity contribution is 6.02. The standard InChI is InChI=1S/C13H14N2O3/c1-17-10-5-8-7-3-4-14-13(16)12(7)15-9(8)6-11(10)18-2/h5-6,15H,3-4H2,1-2H3,(H,14,16). The number of hydrogen-bond acceptors (Lipinski definition) is 3. The summed E-state index contributed by atoms with van der Waals surface area (Å²) in [7, 11) is 3.20. The van der Waals surface area contributed by atoms with Crippen molar-refractivity contribution >= 4 is 16.8 Å². The summed E-state index contributed by atoms with van der Waals surface area (Å²) in [6.45, 7) is 0.674. The molecule has 5 nitrogen and oxygen atoms in total. The quantitative estimate of drug-likeness (QED) is 0.843. The van der Waals surface area contributed by atoms with E-state index in [2.05, 4.69) is 10.3 Å². The Bertz CT molecular complexity index is 631. The van der Waals surface area contributed by atoms with Crippen molar-refractivity contribution < 1.29 is 14.3 Å². The molecular formula is C13H14N2O3. The number of benzene rings is 1. The number of hydrogen-bond donors (Lipinski definition) is 2. The second-order valence-corrected chi connectivity index (χ2v) is 4.24. The van der Waals surface area contributed by atoms with E-state index in [-0.39, 0.29) is 5.91 Å². The lowest BCUT2D eigenvalue weighted by atomic mass is 10.0. The molecule has 18 heavy (non-hydrogen) atoms. The minimum Gasteiger partial charge on any atom is -0.493 e. The van der Waals surface area contributed by atoms with E-state index in [0.29, 0.717) is 23.7 Å². The van der Waals surface area contributed by atoms with Crippen LogP contribution in [0.4, 0.5) is 0 Å². The first-order chi connectivity index (χ1) is 8.74. The van der Waals surface area contributed by atoms with Crippen LogP contribution in [0.25, 0.3) is 10.9 Å². The van der Waals surface area contributed by atoms with Crippen LogP contribution in [0, 0.1) is 0 Å². The number of aromatic amines is 1. The number of fused-ring (bicyclic) bond motifs is 3. The summed E-state index contributed by atoms with van der Waals surface area (Å²) >= 11 is 0. The Labute approximate surface area is 104 Å². The van der Waals surface area contributed by atoms with Gasteiger partial charge in [-0.3, -0.25) is 4.79 Å². The maximum absolute atomic E-state index is 11.8. The first-order valence-corrected chi connectivity index (χ1v) is 5.79. The van der Waals surface area contributed by atoms with Gasteiger partial charge in [-0.1, -0.05) is 0 Å². The van der Waals surface area contributed by atoms with Crippen molar-refractivity contribution in [3.63, 3.8) is 0 Å². The summed E-state index contributed by atoms with van der Waals surface area (Å²) < 4.78 is 10.5. The summed E-state index contributed by atoms with van der Waals surface area (Å²) in [5.74, 6) is 1.28. The van der Waals surface area contributed by atoms with Crippen LogP contribution in [0.5, 0.6) is 11.5 Å². The molecule has 1 aromatic carbocycles. The zero-order valence-electron chi connectivity index (χ0n) is 10.3. The number of nitrogens with one attached hydrogen (secondary N) is 2. The molecule has 0 bridgehead atoms. The van der Waals surface area contributed by atoms with Crippen molar-refractivity contribution in [1.29, 1.82) is 0 Å².